The Hall–Kier alpha value is 0.400. The molecule has 1 unspecified atom stereocenters. The van der Waals surface area contributed by atoms with E-state index in [-0.39, 0.29) is 0 Å². The molecule has 0 spiro atoms. The van der Waals surface area contributed by atoms with E-state index in [0.29, 0.717) is 19.0 Å². The number of alkyl halides is 1. The van der Waals surface area contributed by atoms with Gasteiger partial charge in [-0.3, -0.25) is 4.57 Å². The van der Waals surface area contributed by atoms with E-state index in [0.717, 1.165) is 25.9 Å². The maximum absolute atomic E-state index is 12.2. The summed E-state index contributed by atoms with van der Waals surface area (Å²) in [4.78, 5) is 0. The summed E-state index contributed by atoms with van der Waals surface area (Å²) in [7, 11) is -2.76. The van der Waals surface area contributed by atoms with Crippen molar-refractivity contribution in [3.8, 4) is 0 Å². The minimum atomic E-state index is -2.76. The fourth-order valence-corrected chi connectivity index (χ4v) is 3.82. The molecule has 1 aliphatic rings. The molecule has 0 bridgehead atoms. The number of nitrogens with one attached hydrogen (secondary N) is 1. The van der Waals surface area contributed by atoms with Gasteiger partial charge in [0.1, 0.15) is 0 Å². The highest BCUT2D eigenvalue weighted by Crippen LogP contribution is 2.48. The zero-order valence-electron chi connectivity index (χ0n) is 10.5. The van der Waals surface area contributed by atoms with Crippen molar-refractivity contribution in [1.29, 1.82) is 0 Å². The van der Waals surface area contributed by atoms with Crippen LogP contribution in [0.1, 0.15) is 33.6 Å². The fraction of sp³-hybridized carbons (Fsp3) is 1.00. The van der Waals surface area contributed by atoms with Gasteiger partial charge in [0.15, 0.2) is 0 Å². The second-order valence-corrected chi connectivity index (χ2v) is 5.82. The Bertz CT molecular complexity index is 215. The van der Waals surface area contributed by atoms with Crippen molar-refractivity contribution in [1.82, 2.24) is 9.76 Å². The molecule has 0 radical (unpaired) electrons. The minimum Gasteiger partial charge on any atom is -0.306 e. The van der Waals surface area contributed by atoms with E-state index < -0.39 is 7.67 Å². The van der Waals surface area contributed by atoms with E-state index in [2.05, 4.69) is 5.09 Å². The van der Waals surface area contributed by atoms with Crippen LogP contribution in [0, 0.1) is 0 Å². The standard InChI is InChI=1S/C8H18ClN2O2P.C2H6/c1-2-5-10-14(12)11(7-4-9)6-3-8-13-14;1-2/h2-8H2,1H3,(H,10,12);1-2H3. The molecule has 1 aliphatic heterocycles. The number of hydrogen-bond acceptors (Lipinski definition) is 2. The fourth-order valence-electron chi connectivity index (χ4n) is 1.39. The number of rotatable bonds is 5. The first-order valence-electron chi connectivity index (χ1n) is 6.04. The van der Waals surface area contributed by atoms with Crippen LogP contribution >= 0.6 is 19.3 Å². The molecule has 1 heterocycles. The Labute approximate surface area is 104 Å². The van der Waals surface area contributed by atoms with Crippen LogP contribution < -0.4 is 5.09 Å². The van der Waals surface area contributed by atoms with Crippen LogP contribution in [0.3, 0.4) is 0 Å². The summed E-state index contributed by atoms with van der Waals surface area (Å²) in [5, 5.41) is 2.98. The van der Waals surface area contributed by atoms with Gasteiger partial charge in [-0.15, -0.1) is 11.6 Å². The molecule has 6 heteroatoms. The summed E-state index contributed by atoms with van der Waals surface area (Å²) in [6, 6.07) is 0. The largest absolute Gasteiger partial charge is 0.343 e. The van der Waals surface area contributed by atoms with Gasteiger partial charge in [-0.1, -0.05) is 20.8 Å². The van der Waals surface area contributed by atoms with Crippen LogP contribution in [0.25, 0.3) is 0 Å². The molecule has 0 saturated carbocycles. The van der Waals surface area contributed by atoms with Gasteiger partial charge in [0.05, 0.1) is 6.61 Å². The number of halogens is 1. The van der Waals surface area contributed by atoms with E-state index in [9.17, 15) is 4.57 Å². The summed E-state index contributed by atoms with van der Waals surface area (Å²) in [5.41, 5.74) is 0. The van der Waals surface area contributed by atoms with E-state index in [1.165, 1.54) is 0 Å². The lowest BCUT2D eigenvalue weighted by Crippen LogP contribution is -2.36. The van der Waals surface area contributed by atoms with Gasteiger partial charge in [0.25, 0.3) is 0 Å². The predicted octanol–water partition coefficient (Wildman–Crippen LogP) is 3.08. The highest BCUT2D eigenvalue weighted by Gasteiger charge is 2.33. The highest BCUT2D eigenvalue weighted by atomic mass is 35.5. The van der Waals surface area contributed by atoms with Gasteiger partial charge in [0, 0.05) is 25.5 Å². The molecular formula is C10H24ClN2O2P. The molecule has 1 N–H and O–H groups in total. The van der Waals surface area contributed by atoms with Crippen molar-refractivity contribution in [3.05, 3.63) is 0 Å². The third-order valence-electron chi connectivity index (χ3n) is 2.10. The normalized spacial score (nSPS) is 26.0. The summed E-state index contributed by atoms with van der Waals surface area (Å²) in [6.07, 6.45) is 1.87. The molecule has 0 aliphatic carbocycles. The first kappa shape index (κ1) is 16.4. The van der Waals surface area contributed by atoms with Crippen LogP contribution in [0.2, 0.25) is 0 Å². The second-order valence-electron chi connectivity index (χ2n) is 3.26. The smallest absolute Gasteiger partial charge is 0.306 e. The van der Waals surface area contributed by atoms with Crippen molar-refractivity contribution >= 4 is 19.3 Å². The van der Waals surface area contributed by atoms with Crippen molar-refractivity contribution in [2.75, 3.05) is 32.1 Å². The first-order valence-corrected chi connectivity index (χ1v) is 8.15. The second kappa shape index (κ2) is 9.43. The average molecular weight is 271 g/mol. The first-order chi connectivity index (χ1) is 7.73. The Kier molecular flexibility index (Phi) is 9.67. The van der Waals surface area contributed by atoms with Gasteiger partial charge in [-0.05, 0) is 12.8 Å². The van der Waals surface area contributed by atoms with Gasteiger partial charge >= 0.3 is 7.67 Å². The summed E-state index contributed by atoms with van der Waals surface area (Å²) in [5.74, 6) is 0.487. The van der Waals surface area contributed by atoms with Crippen LogP contribution in [0.5, 0.6) is 0 Å². The molecule has 1 saturated heterocycles. The quantitative estimate of drug-likeness (QED) is 0.616. The zero-order valence-corrected chi connectivity index (χ0v) is 12.2. The monoisotopic (exact) mass is 270 g/mol. The summed E-state index contributed by atoms with van der Waals surface area (Å²) < 4.78 is 19.4. The highest BCUT2D eigenvalue weighted by molar-refractivity contribution is 7.54. The van der Waals surface area contributed by atoms with Gasteiger partial charge < -0.3 is 4.52 Å². The molecule has 0 aromatic heterocycles. The van der Waals surface area contributed by atoms with Crippen molar-refractivity contribution in [3.63, 3.8) is 0 Å². The lowest BCUT2D eigenvalue weighted by molar-refractivity contribution is 0.203. The third kappa shape index (κ3) is 5.15. The maximum atomic E-state index is 12.2. The van der Waals surface area contributed by atoms with Crippen LogP contribution in [0.4, 0.5) is 0 Å². The molecule has 0 amide bonds. The SMILES string of the molecule is CC.CCCNP1(=O)OCCCN1CCCl. The van der Waals surface area contributed by atoms with Crippen LogP contribution in [-0.4, -0.2) is 36.8 Å². The minimum absolute atomic E-state index is 0.487. The van der Waals surface area contributed by atoms with Crippen molar-refractivity contribution in [2.45, 2.75) is 33.6 Å². The molecule has 16 heavy (non-hydrogen) atoms. The summed E-state index contributed by atoms with van der Waals surface area (Å²) in [6.45, 7) is 8.76. The molecule has 1 rings (SSSR count). The third-order valence-corrected chi connectivity index (χ3v) is 4.57. The Balaban J connectivity index is 0.00000106. The number of nitrogens with zero attached hydrogens (tertiary/aromatic N) is 1. The Morgan fingerprint density at radius 3 is 2.75 bits per heavy atom. The van der Waals surface area contributed by atoms with E-state index >= 15 is 0 Å². The van der Waals surface area contributed by atoms with E-state index in [1.54, 1.807) is 0 Å². The van der Waals surface area contributed by atoms with E-state index in [1.807, 2.05) is 25.4 Å². The molecule has 0 aromatic rings. The van der Waals surface area contributed by atoms with Crippen molar-refractivity contribution < 1.29 is 9.09 Å². The van der Waals surface area contributed by atoms with Gasteiger partial charge in [-0.25, -0.2) is 9.76 Å². The van der Waals surface area contributed by atoms with E-state index in [4.69, 9.17) is 16.1 Å². The Morgan fingerprint density at radius 2 is 2.19 bits per heavy atom. The molecule has 98 valence electrons. The molecule has 4 nitrogen and oxygen atoms in total. The molecule has 1 fully saturated rings. The average Bonchev–Trinajstić information content (AvgIpc) is 2.33. The molecular weight excluding hydrogens is 247 g/mol. The van der Waals surface area contributed by atoms with Crippen LogP contribution in [-0.2, 0) is 9.09 Å². The lowest BCUT2D eigenvalue weighted by Gasteiger charge is -2.34. The van der Waals surface area contributed by atoms with Crippen molar-refractivity contribution in [2.24, 2.45) is 0 Å². The maximum Gasteiger partial charge on any atom is 0.343 e. The molecule has 1 atom stereocenters. The predicted molar refractivity (Wildman–Crippen MR) is 70.1 cm³/mol. The van der Waals surface area contributed by atoms with Crippen LogP contribution in [0.15, 0.2) is 0 Å². The van der Waals surface area contributed by atoms with Gasteiger partial charge in [0.2, 0.25) is 0 Å². The number of hydrogen-bond donors (Lipinski definition) is 1. The summed E-state index contributed by atoms with van der Waals surface area (Å²) >= 11 is 5.65. The van der Waals surface area contributed by atoms with Gasteiger partial charge in [-0.2, -0.15) is 0 Å². The zero-order chi connectivity index (χ0) is 12.4. The topological polar surface area (TPSA) is 41.6 Å². The lowest BCUT2D eigenvalue weighted by atomic mass is 10.4. The molecule has 0 aromatic carbocycles. The Morgan fingerprint density at radius 1 is 1.50 bits per heavy atom.